The third kappa shape index (κ3) is 3.05. The zero-order chi connectivity index (χ0) is 11.4. The van der Waals surface area contributed by atoms with Gasteiger partial charge in [-0.3, -0.25) is 9.59 Å². The highest BCUT2D eigenvalue weighted by Gasteiger charge is 2.19. The first kappa shape index (κ1) is 11.2. The predicted octanol–water partition coefficient (Wildman–Crippen LogP) is 0.270. The van der Waals surface area contributed by atoms with E-state index >= 15 is 0 Å². The zero-order valence-corrected chi connectivity index (χ0v) is 7.94. The maximum atomic E-state index is 12.6. The first-order chi connectivity index (χ1) is 7.00. The summed E-state index contributed by atoms with van der Waals surface area (Å²) in [6.45, 7) is 0. The SMILES string of the molecule is NC(=O)C[C@@H](C(N)=O)c1ccc(F)cc1. The molecule has 1 atom stereocenters. The van der Waals surface area contributed by atoms with Gasteiger partial charge in [0.2, 0.25) is 11.8 Å². The Morgan fingerprint density at radius 3 is 2.13 bits per heavy atom. The fraction of sp³-hybridized carbons (Fsp3) is 0.200. The smallest absolute Gasteiger partial charge is 0.225 e. The lowest BCUT2D eigenvalue weighted by Gasteiger charge is -2.11. The van der Waals surface area contributed by atoms with Crippen LogP contribution >= 0.6 is 0 Å². The summed E-state index contributed by atoms with van der Waals surface area (Å²) in [4.78, 5) is 21.7. The Balaban J connectivity index is 2.94. The summed E-state index contributed by atoms with van der Waals surface area (Å²) in [5, 5.41) is 0. The van der Waals surface area contributed by atoms with Crippen LogP contribution in [0.4, 0.5) is 4.39 Å². The number of hydrogen-bond acceptors (Lipinski definition) is 2. The van der Waals surface area contributed by atoms with Crippen LogP contribution in [0.3, 0.4) is 0 Å². The van der Waals surface area contributed by atoms with Crippen molar-refractivity contribution in [2.24, 2.45) is 11.5 Å². The minimum absolute atomic E-state index is 0.166. The molecule has 0 spiro atoms. The summed E-state index contributed by atoms with van der Waals surface area (Å²) >= 11 is 0. The second kappa shape index (κ2) is 4.54. The van der Waals surface area contributed by atoms with Gasteiger partial charge in [-0.1, -0.05) is 12.1 Å². The molecule has 4 nitrogen and oxygen atoms in total. The van der Waals surface area contributed by atoms with Gasteiger partial charge in [-0.25, -0.2) is 4.39 Å². The summed E-state index contributed by atoms with van der Waals surface area (Å²) in [5.41, 5.74) is 10.6. The zero-order valence-electron chi connectivity index (χ0n) is 7.94. The summed E-state index contributed by atoms with van der Waals surface area (Å²) in [7, 11) is 0. The third-order valence-corrected chi connectivity index (χ3v) is 2.02. The van der Waals surface area contributed by atoms with Crippen molar-refractivity contribution >= 4 is 11.8 Å². The lowest BCUT2D eigenvalue weighted by atomic mass is 9.95. The van der Waals surface area contributed by atoms with E-state index < -0.39 is 23.5 Å². The average Bonchev–Trinajstić information content (AvgIpc) is 2.15. The van der Waals surface area contributed by atoms with Crippen molar-refractivity contribution in [3.8, 4) is 0 Å². The van der Waals surface area contributed by atoms with Gasteiger partial charge in [-0.05, 0) is 17.7 Å². The Morgan fingerprint density at radius 2 is 1.73 bits per heavy atom. The summed E-state index contributed by atoms with van der Waals surface area (Å²) in [6, 6.07) is 5.22. The molecule has 0 fully saturated rings. The number of rotatable bonds is 4. The molecule has 0 saturated heterocycles. The van der Waals surface area contributed by atoms with Gasteiger partial charge in [0.15, 0.2) is 0 Å². The first-order valence-electron chi connectivity index (χ1n) is 4.34. The Bertz CT molecular complexity index is 376. The molecule has 0 aromatic heterocycles. The van der Waals surface area contributed by atoms with E-state index in [1.165, 1.54) is 24.3 Å². The molecule has 80 valence electrons. The molecular weight excluding hydrogens is 199 g/mol. The van der Waals surface area contributed by atoms with Gasteiger partial charge in [-0.2, -0.15) is 0 Å². The normalized spacial score (nSPS) is 12.1. The monoisotopic (exact) mass is 210 g/mol. The van der Waals surface area contributed by atoms with Gasteiger partial charge in [-0.15, -0.1) is 0 Å². The van der Waals surface area contributed by atoms with E-state index in [4.69, 9.17) is 11.5 Å². The minimum atomic E-state index is -0.789. The van der Waals surface area contributed by atoms with E-state index in [1.54, 1.807) is 0 Å². The van der Waals surface area contributed by atoms with E-state index in [1.807, 2.05) is 0 Å². The Kier molecular flexibility index (Phi) is 3.38. The van der Waals surface area contributed by atoms with Crippen LogP contribution in [-0.4, -0.2) is 11.8 Å². The second-order valence-corrected chi connectivity index (χ2v) is 3.18. The van der Waals surface area contributed by atoms with E-state index in [0.29, 0.717) is 5.56 Å². The fourth-order valence-electron chi connectivity index (χ4n) is 1.28. The standard InChI is InChI=1S/C10H11FN2O2/c11-7-3-1-6(2-4-7)8(10(13)15)5-9(12)14/h1-4,8H,5H2,(H2,12,14)(H2,13,15)/t8-/m1/s1. The molecule has 0 aliphatic heterocycles. The van der Waals surface area contributed by atoms with Crippen LogP contribution in [0.25, 0.3) is 0 Å². The number of amides is 2. The predicted molar refractivity (Wildman–Crippen MR) is 52.1 cm³/mol. The molecule has 0 aliphatic rings. The molecule has 0 heterocycles. The van der Waals surface area contributed by atoms with Gasteiger partial charge >= 0.3 is 0 Å². The van der Waals surface area contributed by atoms with Gasteiger partial charge in [0.1, 0.15) is 5.82 Å². The van der Waals surface area contributed by atoms with Crippen molar-refractivity contribution in [1.82, 2.24) is 0 Å². The van der Waals surface area contributed by atoms with Crippen molar-refractivity contribution in [2.45, 2.75) is 12.3 Å². The second-order valence-electron chi connectivity index (χ2n) is 3.18. The van der Waals surface area contributed by atoms with Crippen molar-refractivity contribution in [1.29, 1.82) is 0 Å². The van der Waals surface area contributed by atoms with Gasteiger partial charge in [0.25, 0.3) is 0 Å². The molecular formula is C10H11FN2O2. The van der Waals surface area contributed by atoms with Crippen LogP contribution in [0.15, 0.2) is 24.3 Å². The molecule has 15 heavy (non-hydrogen) atoms. The highest BCUT2D eigenvalue weighted by molar-refractivity contribution is 5.88. The average molecular weight is 210 g/mol. The molecule has 1 rings (SSSR count). The number of hydrogen-bond donors (Lipinski definition) is 2. The molecule has 1 aromatic carbocycles. The lowest BCUT2D eigenvalue weighted by Crippen LogP contribution is -2.26. The molecule has 0 unspecified atom stereocenters. The highest BCUT2D eigenvalue weighted by atomic mass is 19.1. The van der Waals surface area contributed by atoms with Crippen LogP contribution in [0, 0.1) is 5.82 Å². The van der Waals surface area contributed by atoms with Crippen LogP contribution in [0.2, 0.25) is 0 Å². The molecule has 0 radical (unpaired) electrons. The molecule has 2 amide bonds. The number of benzene rings is 1. The fourth-order valence-corrected chi connectivity index (χ4v) is 1.28. The molecule has 4 N–H and O–H groups in total. The summed E-state index contributed by atoms with van der Waals surface area (Å²) in [6.07, 6.45) is -0.166. The van der Waals surface area contributed by atoms with Crippen LogP contribution in [0.5, 0.6) is 0 Å². The number of halogens is 1. The Hall–Kier alpha value is -1.91. The van der Waals surface area contributed by atoms with E-state index in [2.05, 4.69) is 0 Å². The summed E-state index contributed by atoms with van der Waals surface area (Å²) < 4.78 is 12.6. The molecule has 0 saturated carbocycles. The largest absolute Gasteiger partial charge is 0.370 e. The topological polar surface area (TPSA) is 86.2 Å². The van der Waals surface area contributed by atoms with Crippen molar-refractivity contribution in [2.75, 3.05) is 0 Å². The van der Waals surface area contributed by atoms with E-state index in [9.17, 15) is 14.0 Å². The molecule has 5 heteroatoms. The Labute approximate surface area is 86.1 Å². The third-order valence-electron chi connectivity index (χ3n) is 2.02. The number of carbonyl (C=O) groups is 2. The Morgan fingerprint density at radius 1 is 1.20 bits per heavy atom. The van der Waals surface area contributed by atoms with Crippen LogP contribution in [-0.2, 0) is 9.59 Å². The van der Waals surface area contributed by atoms with E-state index in [-0.39, 0.29) is 6.42 Å². The maximum Gasteiger partial charge on any atom is 0.225 e. The van der Waals surface area contributed by atoms with Gasteiger partial charge < -0.3 is 11.5 Å². The summed E-state index contributed by atoms with van der Waals surface area (Å²) in [5.74, 6) is -2.48. The van der Waals surface area contributed by atoms with Gasteiger partial charge in [0.05, 0.1) is 5.92 Å². The molecule has 1 aromatic rings. The van der Waals surface area contributed by atoms with Crippen LogP contribution < -0.4 is 11.5 Å². The highest BCUT2D eigenvalue weighted by Crippen LogP contribution is 2.19. The minimum Gasteiger partial charge on any atom is -0.370 e. The first-order valence-corrected chi connectivity index (χ1v) is 4.34. The molecule has 0 bridgehead atoms. The van der Waals surface area contributed by atoms with Crippen molar-refractivity contribution < 1.29 is 14.0 Å². The van der Waals surface area contributed by atoms with Crippen molar-refractivity contribution in [3.05, 3.63) is 35.6 Å². The van der Waals surface area contributed by atoms with E-state index in [0.717, 1.165) is 0 Å². The molecule has 0 aliphatic carbocycles. The number of nitrogens with two attached hydrogens (primary N) is 2. The van der Waals surface area contributed by atoms with Crippen LogP contribution in [0.1, 0.15) is 17.9 Å². The number of primary amides is 2. The number of carbonyl (C=O) groups excluding carboxylic acids is 2. The van der Waals surface area contributed by atoms with Gasteiger partial charge in [0, 0.05) is 6.42 Å². The van der Waals surface area contributed by atoms with Crippen molar-refractivity contribution in [3.63, 3.8) is 0 Å². The quantitative estimate of drug-likeness (QED) is 0.747. The maximum absolute atomic E-state index is 12.6. The lowest BCUT2D eigenvalue weighted by molar-refractivity contribution is -0.124.